The Labute approximate surface area is 122 Å². The van der Waals surface area contributed by atoms with E-state index in [2.05, 4.69) is 33.0 Å². The molecule has 19 heavy (non-hydrogen) atoms. The highest BCUT2D eigenvalue weighted by atomic mass is 79.9. The fraction of sp³-hybridized carbons (Fsp3) is 0.533. The van der Waals surface area contributed by atoms with Gasteiger partial charge in [-0.1, -0.05) is 47.3 Å². The highest BCUT2D eigenvalue weighted by molar-refractivity contribution is 9.10. The lowest BCUT2D eigenvalue weighted by molar-refractivity contribution is -0.144. The summed E-state index contributed by atoms with van der Waals surface area (Å²) in [7, 11) is 0. The van der Waals surface area contributed by atoms with Crippen LogP contribution in [0, 0.1) is 0 Å². The van der Waals surface area contributed by atoms with Crippen LogP contribution in [0.3, 0.4) is 0 Å². The number of hydrogen-bond acceptors (Lipinski definition) is 2. The van der Waals surface area contributed by atoms with Crippen LogP contribution in [0.5, 0.6) is 0 Å². The lowest BCUT2D eigenvalue weighted by atomic mass is 10.0. The molecule has 1 aliphatic heterocycles. The topological polar surface area (TPSA) is 40.5 Å². The van der Waals surface area contributed by atoms with Gasteiger partial charge in [-0.3, -0.25) is 9.69 Å². The second-order valence-corrected chi connectivity index (χ2v) is 6.07. The summed E-state index contributed by atoms with van der Waals surface area (Å²) in [5, 5.41) is 9.41. The van der Waals surface area contributed by atoms with Gasteiger partial charge in [0, 0.05) is 11.0 Å². The molecular formula is C15H20BrNO2. The summed E-state index contributed by atoms with van der Waals surface area (Å²) in [6.45, 7) is 1.60. The zero-order valence-corrected chi connectivity index (χ0v) is 12.6. The number of likely N-dealkylation sites (tertiary alicyclic amines) is 1. The number of carbonyl (C=O) groups is 1. The van der Waals surface area contributed by atoms with Crippen molar-refractivity contribution >= 4 is 21.9 Å². The van der Waals surface area contributed by atoms with E-state index in [0.29, 0.717) is 0 Å². The van der Waals surface area contributed by atoms with Gasteiger partial charge in [0.05, 0.1) is 0 Å². The van der Waals surface area contributed by atoms with E-state index in [1.807, 2.05) is 12.1 Å². The molecule has 1 aromatic carbocycles. The number of carboxylic acid groups (broad SMARTS) is 1. The number of carboxylic acids is 1. The van der Waals surface area contributed by atoms with E-state index >= 15 is 0 Å². The summed E-state index contributed by atoms with van der Waals surface area (Å²) in [6.07, 6.45) is 5.25. The Morgan fingerprint density at radius 3 is 2.84 bits per heavy atom. The number of nitrogens with zero attached hydrogens (tertiary/aromatic N) is 1. The fourth-order valence-electron chi connectivity index (χ4n) is 2.68. The third kappa shape index (κ3) is 4.32. The minimum Gasteiger partial charge on any atom is -0.480 e. The number of halogens is 1. The second kappa shape index (κ2) is 7.06. The van der Waals surface area contributed by atoms with E-state index in [0.717, 1.165) is 43.2 Å². The average molecular weight is 326 g/mol. The molecule has 0 amide bonds. The molecule has 4 heteroatoms. The molecule has 1 aromatic rings. The third-order valence-electron chi connectivity index (χ3n) is 3.67. The van der Waals surface area contributed by atoms with E-state index in [1.54, 1.807) is 0 Å². The predicted molar refractivity (Wildman–Crippen MR) is 79.1 cm³/mol. The zero-order valence-electron chi connectivity index (χ0n) is 11.0. The SMILES string of the molecule is O=C(O)C1CCCCCCN1Cc1cccc(Br)c1. The van der Waals surface area contributed by atoms with Gasteiger partial charge in [-0.2, -0.15) is 0 Å². The van der Waals surface area contributed by atoms with Crippen molar-refractivity contribution in [3.8, 4) is 0 Å². The number of rotatable bonds is 3. The Hall–Kier alpha value is -0.870. The zero-order chi connectivity index (χ0) is 13.7. The third-order valence-corrected chi connectivity index (χ3v) is 4.17. The first-order valence-corrected chi connectivity index (χ1v) is 7.67. The molecule has 1 saturated heterocycles. The maximum Gasteiger partial charge on any atom is 0.320 e. The van der Waals surface area contributed by atoms with Crippen molar-refractivity contribution in [2.45, 2.75) is 44.7 Å². The van der Waals surface area contributed by atoms with Crippen molar-refractivity contribution in [2.75, 3.05) is 6.54 Å². The van der Waals surface area contributed by atoms with Crippen molar-refractivity contribution in [1.82, 2.24) is 4.90 Å². The second-order valence-electron chi connectivity index (χ2n) is 5.16. The first kappa shape index (κ1) is 14.5. The van der Waals surface area contributed by atoms with Gasteiger partial charge in [0.15, 0.2) is 0 Å². The van der Waals surface area contributed by atoms with Crippen molar-refractivity contribution in [3.05, 3.63) is 34.3 Å². The van der Waals surface area contributed by atoms with Gasteiger partial charge in [0.1, 0.15) is 6.04 Å². The molecule has 1 unspecified atom stereocenters. The predicted octanol–water partition coefficient (Wildman–Crippen LogP) is 3.67. The fourth-order valence-corrected chi connectivity index (χ4v) is 3.13. The Kier molecular flexibility index (Phi) is 5.40. The smallest absolute Gasteiger partial charge is 0.320 e. The van der Waals surface area contributed by atoms with Crippen molar-refractivity contribution in [2.24, 2.45) is 0 Å². The summed E-state index contributed by atoms with van der Waals surface area (Å²) in [5.74, 6) is -0.683. The van der Waals surface area contributed by atoms with E-state index in [4.69, 9.17) is 0 Å². The van der Waals surface area contributed by atoms with Gasteiger partial charge in [-0.15, -0.1) is 0 Å². The monoisotopic (exact) mass is 325 g/mol. The Bertz CT molecular complexity index is 436. The van der Waals surface area contributed by atoms with Crippen LogP contribution in [-0.2, 0) is 11.3 Å². The molecule has 2 rings (SSSR count). The molecule has 0 aliphatic carbocycles. The molecule has 0 spiro atoms. The summed E-state index contributed by atoms with van der Waals surface area (Å²) < 4.78 is 1.05. The molecule has 1 atom stereocenters. The summed E-state index contributed by atoms with van der Waals surface area (Å²) in [4.78, 5) is 13.6. The van der Waals surface area contributed by atoms with Crippen molar-refractivity contribution in [3.63, 3.8) is 0 Å². The molecule has 0 radical (unpaired) electrons. The molecule has 104 valence electrons. The summed E-state index contributed by atoms with van der Waals surface area (Å²) in [6, 6.07) is 7.78. The number of benzene rings is 1. The van der Waals surface area contributed by atoms with Gasteiger partial charge < -0.3 is 5.11 Å². The van der Waals surface area contributed by atoms with Crippen LogP contribution in [-0.4, -0.2) is 28.6 Å². The van der Waals surface area contributed by atoms with Crippen LogP contribution in [0.4, 0.5) is 0 Å². The van der Waals surface area contributed by atoms with Crippen molar-refractivity contribution < 1.29 is 9.90 Å². The Morgan fingerprint density at radius 2 is 2.11 bits per heavy atom. The van der Waals surface area contributed by atoms with Crippen molar-refractivity contribution in [1.29, 1.82) is 0 Å². The number of hydrogen-bond donors (Lipinski definition) is 1. The first-order chi connectivity index (χ1) is 9.16. The van der Waals surface area contributed by atoms with Crippen LogP contribution in [0.2, 0.25) is 0 Å². The largest absolute Gasteiger partial charge is 0.480 e. The average Bonchev–Trinajstić information content (AvgIpc) is 2.32. The Morgan fingerprint density at radius 1 is 1.32 bits per heavy atom. The van der Waals surface area contributed by atoms with Gasteiger partial charge in [0.2, 0.25) is 0 Å². The van der Waals surface area contributed by atoms with E-state index in [-0.39, 0.29) is 6.04 Å². The highest BCUT2D eigenvalue weighted by Crippen LogP contribution is 2.20. The molecule has 1 aliphatic rings. The van der Waals surface area contributed by atoms with E-state index in [9.17, 15) is 9.90 Å². The van der Waals surface area contributed by atoms with E-state index < -0.39 is 5.97 Å². The highest BCUT2D eigenvalue weighted by Gasteiger charge is 2.26. The molecule has 3 nitrogen and oxygen atoms in total. The lowest BCUT2D eigenvalue weighted by Gasteiger charge is -2.30. The Balaban J connectivity index is 2.10. The minimum absolute atomic E-state index is 0.334. The normalized spacial score (nSPS) is 21.6. The maximum atomic E-state index is 11.4. The summed E-state index contributed by atoms with van der Waals surface area (Å²) in [5.41, 5.74) is 1.17. The first-order valence-electron chi connectivity index (χ1n) is 6.88. The minimum atomic E-state index is -0.683. The summed E-state index contributed by atoms with van der Waals surface area (Å²) >= 11 is 3.46. The molecule has 1 heterocycles. The molecule has 0 bridgehead atoms. The van der Waals surface area contributed by atoms with Crippen LogP contribution in [0.15, 0.2) is 28.7 Å². The van der Waals surface area contributed by atoms with Crippen LogP contribution >= 0.6 is 15.9 Å². The van der Waals surface area contributed by atoms with Gasteiger partial charge >= 0.3 is 5.97 Å². The van der Waals surface area contributed by atoms with Gasteiger partial charge in [-0.25, -0.2) is 0 Å². The van der Waals surface area contributed by atoms with E-state index in [1.165, 1.54) is 12.0 Å². The standard InChI is InChI=1S/C15H20BrNO2/c16-13-7-5-6-12(10-13)11-17-9-4-2-1-3-8-14(17)15(18)19/h5-7,10,14H,1-4,8-9,11H2,(H,18,19). The number of aliphatic carboxylic acids is 1. The molecular weight excluding hydrogens is 306 g/mol. The quantitative estimate of drug-likeness (QED) is 0.921. The van der Waals surface area contributed by atoms with Gasteiger partial charge in [-0.05, 0) is 37.1 Å². The van der Waals surface area contributed by atoms with Crippen LogP contribution < -0.4 is 0 Å². The maximum absolute atomic E-state index is 11.4. The van der Waals surface area contributed by atoms with Crippen LogP contribution in [0.1, 0.15) is 37.7 Å². The van der Waals surface area contributed by atoms with Crippen LogP contribution in [0.25, 0.3) is 0 Å². The molecule has 1 N–H and O–H groups in total. The van der Waals surface area contributed by atoms with Gasteiger partial charge in [0.25, 0.3) is 0 Å². The molecule has 0 aromatic heterocycles. The lowest BCUT2D eigenvalue weighted by Crippen LogP contribution is -2.42. The molecule has 0 saturated carbocycles. The molecule has 1 fully saturated rings.